The van der Waals surface area contributed by atoms with Crippen molar-refractivity contribution in [3.63, 3.8) is 0 Å². The standard InChI is InChI=1S/C29H53NO5/c1-3-5-6-7-8-9-10-11-12-13-14-15-16-20-24-29(34)35-26(21-4-2)22-18-17-19-23-27(31)30-25-28(32)33/h10-11,26H,3-9,12-25H2,1-2H3,(H,30,31)(H,32,33)/b11-10-. The molecule has 0 saturated heterocycles. The average molecular weight is 496 g/mol. The lowest BCUT2D eigenvalue weighted by Crippen LogP contribution is -2.28. The molecule has 6 heteroatoms. The third-order valence-corrected chi connectivity index (χ3v) is 6.17. The van der Waals surface area contributed by atoms with Crippen LogP contribution in [0.5, 0.6) is 0 Å². The van der Waals surface area contributed by atoms with Gasteiger partial charge in [0.05, 0.1) is 0 Å². The molecule has 2 N–H and O–H groups in total. The molecule has 0 spiro atoms. The molecule has 1 unspecified atom stereocenters. The minimum absolute atomic E-state index is 0.0354. The average Bonchev–Trinajstić information content (AvgIpc) is 2.82. The van der Waals surface area contributed by atoms with Gasteiger partial charge in [-0.15, -0.1) is 0 Å². The van der Waals surface area contributed by atoms with Gasteiger partial charge in [-0.05, 0) is 57.8 Å². The van der Waals surface area contributed by atoms with E-state index in [1.165, 1.54) is 64.2 Å². The Kier molecular flexibility index (Phi) is 23.9. The van der Waals surface area contributed by atoms with Crippen molar-refractivity contribution in [2.75, 3.05) is 6.54 Å². The Bertz CT molecular complexity index is 561. The maximum atomic E-state index is 12.2. The smallest absolute Gasteiger partial charge is 0.322 e. The first-order chi connectivity index (χ1) is 17.0. The third-order valence-electron chi connectivity index (χ3n) is 6.17. The SMILES string of the molecule is CCCCCCC/C=C\CCCCCCCC(=O)OC(CCC)CCCCCC(=O)NCC(=O)O. The van der Waals surface area contributed by atoms with E-state index in [0.29, 0.717) is 19.3 Å². The molecule has 0 aliphatic heterocycles. The molecule has 0 aromatic heterocycles. The van der Waals surface area contributed by atoms with Crippen LogP contribution in [0.15, 0.2) is 12.2 Å². The Hall–Kier alpha value is -1.85. The number of carboxylic acids is 1. The van der Waals surface area contributed by atoms with E-state index in [1.54, 1.807) is 0 Å². The number of aliphatic carboxylic acids is 1. The van der Waals surface area contributed by atoms with E-state index >= 15 is 0 Å². The van der Waals surface area contributed by atoms with E-state index in [-0.39, 0.29) is 24.5 Å². The fourth-order valence-corrected chi connectivity index (χ4v) is 4.09. The summed E-state index contributed by atoms with van der Waals surface area (Å²) in [5, 5.41) is 10.9. The molecule has 1 amide bonds. The molecule has 0 aromatic rings. The largest absolute Gasteiger partial charge is 0.480 e. The van der Waals surface area contributed by atoms with Gasteiger partial charge in [-0.1, -0.05) is 83.8 Å². The lowest BCUT2D eigenvalue weighted by atomic mass is 10.0. The monoisotopic (exact) mass is 495 g/mol. The number of carboxylic acid groups (broad SMARTS) is 1. The highest BCUT2D eigenvalue weighted by Crippen LogP contribution is 2.15. The minimum atomic E-state index is -1.03. The second kappa shape index (κ2) is 25.2. The number of rotatable bonds is 25. The van der Waals surface area contributed by atoms with Gasteiger partial charge in [0.1, 0.15) is 12.6 Å². The van der Waals surface area contributed by atoms with E-state index in [4.69, 9.17) is 9.84 Å². The van der Waals surface area contributed by atoms with Gasteiger partial charge in [0, 0.05) is 12.8 Å². The third kappa shape index (κ3) is 25.1. The van der Waals surface area contributed by atoms with E-state index in [2.05, 4.69) is 31.3 Å². The van der Waals surface area contributed by atoms with Crippen molar-refractivity contribution in [3.05, 3.63) is 12.2 Å². The summed E-state index contributed by atoms with van der Waals surface area (Å²) in [7, 11) is 0. The molecule has 0 saturated carbocycles. The number of nitrogens with one attached hydrogen (secondary N) is 1. The summed E-state index contributed by atoms with van der Waals surface area (Å²) in [6.45, 7) is 4.02. The molecular formula is C29H53NO5. The summed E-state index contributed by atoms with van der Waals surface area (Å²) >= 11 is 0. The van der Waals surface area contributed by atoms with Crippen LogP contribution < -0.4 is 5.32 Å². The second-order valence-corrected chi connectivity index (χ2v) is 9.65. The summed E-state index contributed by atoms with van der Waals surface area (Å²) < 4.78 is 5.70. The number of amides is 1. The zero-order valence-electron chi connectivity index (χ0n) is 22.7. The van der Waals surface area contributed by atoms with Crippen molar-refractivity contribution >= 4 is 17.8 Å². The van der Waals surface area contributed by atoms with Gasteiger partial charge >= 0.3 is 11.9 Å². The van der Waals surface area contributed by atoms with Crippen LogP contribution in [0.3, 0.4) is 0 Å². The summed E-state index contributed by atoms with van der Waals surface area (Å²) in [6, 6.07) is 0. The zero-order chi connectivity index (χ0) is 26.0. The highest BCUT2D eigenvalue weighted by Gasteiger charge is 2.13. The second-order valence-electron chi connectivity index (χ2n) is 9.65. The fraction of sp³-hybridized carbons (Fsp3) is 0.828. The van der Waals surface area contributed by atoms with Crippen molar-refractivity contribution in [1.29, 1.82) is 0 Å². The number of carbonyl (C=O) groups is 3. The molecule has 204 valence electrons. The first kappa shape index (κ1) is 33.1. The molecule has 0 fully saturated rings. The number of esters is 1. The molecule has 6 nitrogen and oxygen atoms in total. The number of unbranched alkanes of at least 4 members (excludes halogenated alkanes) is 12. The van der Waals surface area contributed by atoms with Gasteiger partial charge in [-0.25, -0.2) is 0 Å². The highest BCUT2D eigenvalue weighted by atomic mass is 16.5. The minimum Gasteiger partial charge on any atom is -0.480 e. The number of hydrogen-bond donors (Lipinski definition) is 2. The Morgan fingerprint density at radius 3 is 1.91 bits per heavy atom. The van der Waals surface area contributed by atoms with Gasteiger partial charge in [-0.2, -0.15) is 0 Å². The summed E-state index contributed by atoms with van der Waals surface area (Å²) in [5.41, 5.74) is 0. The molecule has 0 radical (unpaired) electrons. The van der Waals surface area contributed by atoms with Crippen LogP contribution in [-0.2, 0) is 19.1 Å². The van der Waals surface area contributed by atoms with Gasteiger partial charge in [0.25, 0.3) is 0 Å². The molecule has 0 bridgehead atoms. The summed E-state index contributed by atoms with van der Waals surface area (Å²) in [4.78, 5) is 34.2. The van der Waals surface area contributed by atoms with Gasteiger partial charge < -0.3 is 15.2 Å². The van der Waals surface area contributed by atoms with E-state index in [1.807, 2.05) is 0 Å². The van der Waals surface area contributed by atoms with Crippen LogP contribution in [0.2, 0.25) is 0 Å². The van der Waals surface area contributed by atoms with Gasteiger partial charge in [-0.3, -0.25) is 14.4 Å². The molecule has 0 heterocycles. The lowest BCUT2D eigenvalue weighted by Gasteiger charge is -2.17. The van der Waals surface area contributed by atoms with E-state index in [0.717, 1.165) is 44.9 Å². The normalized spacial score (nSPS) is 12.1. The van der Waals surface area contributed by atoms with Crippen molar-refractivity contribution < 1.29 is 24.2 Å². The van der Waals surface area contributed by atoms with Crippen molar-refractivity contribution in [3.8, 4) is 0 Å². The molecule has 35 heavy (non-hydrogen) atoms. The van der Waals surface area contributed by atoms with Crippen LogP contribution in [-0.4, -0.2) is 35.6 Å². The maximum absolute atomic E-state index is 12.2. The predicted molar refractivity (Wildman–Crippen MR) is 143 cm³/mol. The maximum Gasteiger partial charge on any atom is 0.322 e. The fourth-order valence-electron chi connectivity index (χ4n) is 4.09. The Morgan fingerprint density at radius 2 is 1.29 bits per heavy atom. The zero-order valence-corrected chi connectivity index (χ0v) is 22.7. The molecule has 0 rings (SSSR count). The molecule has 1 atom stereocenters. The van der Waals surface area contributed by atoms with Gasteiger partial charge in [0.15, 0.2) is 0 Å². The van der Waals surface area contributed by atoms with E-state index < -0.39 is 5.97 Å². The number of carbonyl (C=O) groups excluding carboxylic acids is 2. The van der Waals surface area contributed by atoms with E-state index in [9.17, 15) is 14.4 Å². The quantitative estimate of drug-likeness (QED) is 0.0777. The van der Waals surface area contributed by atoms with Crippen molar-refractivity contribution in [2.24, 2.45) is 0 Å². The van der Waals surface area contributed by atoms with Crippen LogP contribution in [0.1, 0.15) is 142 Å². The Balaban J connectivity index is 3.69. The number of ether oxygens (including phenoxy) is 1. The van der Waals surface area contributed by atoms with Crippen LogP contribution in [0.4, 0.5) is 0 Å². The topological polar surface area (TPSA) is 92.7 Å². The number of hydrogen-bond acceptors (Lipinski definition) is 4. The number of allylic oxidation sites excluding steroid dienone is 2. The van der Waals surface area contributed by atoms with Gasteiger partial charge in [0.2, 0.25) is 5.91 Å². The lowest BCUT2D eigenvalue weighted by molar-refractivity contribution is -0.150. The Labute approximate surface area is 214 Å². The predicted octanol–water partition coefficient (Wildman–Crippen LogP) is 7.50. The molecular weight excluding hydrogens is 442 g/mol. The van der Waals surface area contributed by atoms with Crippen molar-refractivity contribution in [2.45, 2.75) is 148 Å². The van der Waals surface area contributed by atoms with Crippen LogP contribution >= 0.6 is 0 Å². The first-order valence-electron chi connectivity index (χ1n) is 14.3. The summed E-state index contributed by atoms with van der Waals surface area (Å²) in [6.07, 6.45) is 25.4. The first-order valence-corrected chi connectivity index (χ1v) is 14.3. The molecule has 0 aliphatic rings. The molecule has 0 aliphatic carbocycles. The van der Waals surface area contributed by atoms with Crippen LogP contribution in [0.25, 0.3) is 0 Å². The van der Waals surface area contributed by atoms with Crippen LogP contribution in [0, 0.1) is 0 Å². The molecule has 0 aromatic carbocycles. The van der Waals surface area contributed by atoms with Crippen molar-refractivity contribution in [1.82, 2.24) is 5.32 Å². The Morgan fingerprint density at radius 1 is 0.714 bits per heavy atom. The summed E-state index contributed by atoms with van der Waals surface area (Å²) in [5.74, 6) is -1.35. The highest BCUT2D eigenvalue weighted by molar-refractivity contribution is 5.80.